The number of hydrogen-bond acceptors (Lipinski definition) is 14. The first-order valence-electron chi connectivity index (χ1n) is 32.9. The van der Waals surface area contributed by atoms with E-state index in [0.29, 0.717) is 17.1 Å². The molecule has 0 spiro atoms. The molecule has 0 saturated carbocycles. The lowest BCUT2D eigenvalue weighted by molar-refractivity contribution is -0.156. The zero-order chi connectivity index (χ0) is 70.2. The summed E-state index contributed by atoms with van der Waals surface area (Å²) in [6, 6.07) is 55.4. The molecule has 0 aliphatic heterocycles. The third-order valence-corrected chi connectivity index (χ3v) is 22.6. The van der Waals surface area contributed by atoms with Gasteiger partial charge in [-0.3, -0.25) is 4.79 Å². The third kappa shape index (κ3) is 25.7. The van der Waals surface area contributed by atoms with E-state index >= 15 is 4.79 Å². The Morgan fingerprint density at radius 1 is 0.485 bits per heavy atom. The molecule has 7 aromatic carbocycles. The van der Waals surface area contributed by atoms with E-state index in [0.717, 1.165) is 50.6 Å². The van der Waals surface area contributed by atoms with Gasteiger partial charge in [-0.05, 0) is 119 Å². The maximum atomic E-state index is 15.6. The van der Waals surface area contributed by atoms with Gasteiger partial charge >= 0.3 is 30.2 Å². The summed E-state index contributed by atoms with van der Waals surface area (Å²) in [5, 5.41) is 8.10. The van der Waals surface area contributed by atoms with Crippen molar-refractivity contribution in [2.75, 3.05) is 20.2 Å². The molecule has 0 aromatic heterocycles. The second-order valence-electron chi connectivity index (χ2n) is 27.8. The molecular formula is C77H96N4O14Si2. The van der Waals surface area contributed by atoms with E-state index in [9.17, 15) is 24.0 Å². The standard InChI is InChI=1S/C77H96N4O14Si2/c1-76(2,3)94-75(87)79-66(48-65(95-97(11,12)77(4,5)6)49-78-73(85)92-52-57-30-21-15-22-31-57)70(82)81(7)68(72(84)91-51-56-28-19-14-20-29-56)47-63-46-62(38-41-69(63)90-50-55-26-17-13-18-27-55)61-36-39-64(40-37-61)89-54-60-35-25-34-59(44-60)45-67(71(83)88-42-43-96(8,9)10)80-74(86)93-53-58-32-23-16-24-33-58/h13-41,44,46,65-68H,42-43,45,47-54H2,1-12H3,(H,78,85)(H,79,87)(H,80,86)/t65-,66+,67+,68+/m1/s1. The first kappa shape index (κ1) is 75.1. The zero-order valence-electron chi connectivity index (χ0n) is 58.1. The van der Waals surface area contributed by atoms with Gasteiger partial charge in [-0.15, -0.1) is 0 Å². The SMILES string of the molecule is CN(C(=O)[C@H](C[C@H](CNC(=O)OCc1ccccc1)O[Si](C)(C)C(C)(C)C)NC(=O)OC(C)(C)C)[C@@H](Cc1cc(-c2ccc(OCc3cccc(C[C@H](NC(=O)OCc4ccccc4)C(=O)OCC[Si](C)(C)C)c3)cc2)ccc1OCc1ccccc1)C(=O)OCc1ccccc1. The summed E-state index contributed by atoms with van der Waals surface area (Å²) in [6.45, 7) is 22.6. The average molecular weight is 1360 g/mol. The van der Waals surface area contributed by atoms with Crippen LogP contribution in [0.4, 0.5) is 14.4 Å². The molecule has 0 heterocycles. The van der Waals surface area contributed by atoms with E-state index in [-0.39, 0.29) is 70.5 Å². The molecule has 7 rings (SSSR count). The average Bonchev–Trinajstić information content (AvgIpc) is 0.821. The minimum atomic E-state index is -2.66. The molecular weight excluding hydrogens is 1260 g/mol. The number of hydrogen-bond donors (Lipinski definition) is 3. The minimum Gasteiger partial charge on any atom is -0.489 e. The van der Waals surface area contributed by atoms with Crippen molar-refractivity contribution >= 4 is 52.5 Å². The van der Waals surface area contributed by atoms with Crippen LogP contribution >= 0.6 is 0 Å². The molecule has 4 atom stereocenters. The summed E-state index contributed by atoms with van der Waals surface area (Å²) in [5.74, 6) is -0.878. The number of alkyl carbamates (subject to hydrolysis) is 3. The van der Waals surface area contributed by atoms with Crippen LogP contribution < -0.4 is 25.4 Å². The van der Waals surface area contributed by atoms with Crippen LogP contribution in [0, 0.1) is 0 Å². The molecule has 0 unspecified atom stereocenters. The number of nitrogens with one attached hydrogen (secondary N) is 3. The smallest absolute Gasteiger partial charge is 0.408 e. The van der Waals surface area contributed by atoms with Crippen molar-refractivity contribution < 1.29 is 66.4 Å². The highest BCUT2D eigenvalue weighted by molar-refractivity contribution is 6.76. The molecule has 7 aromatic rings. The van der Waals surface area contributed by atoms with Gasteiger partial charge in [0.15, 0.2) is 8.32 Å². The molecule has 18 nitrogen and oxygen atoms in total. The van der Waals surface area contributed by atoms with Gasteiger partial charge in [0.25, 0.3) is 0 Å². The quantitative estimate of drug-likeness (QED) is 0.0203. The van der Waals surface area contributed by atoms with Crippen molar-refractivity contribution in [2.45, 2.75) is 167 Å². The Morgan fingerprint density at radius 3 is 1.55 bits per heavy atom. The largest absolute Gasteiger partial charge is 0.489 e. The topological polar surface area (TPSA) is 216 Å². The summed E-state index contributed by atoms with van der Waals surface area (Å²) in [4.78, 5) is 85.7. The highest BCUT2D eigenvalue weighted by atomic mass is 28.4. The van der Waals surface area contributed by atoms with Gasteiger partial charge in [0, 0.05) is 40.9 Å². The Morgan fingerprint density at radius 2 is 0.990 bits per heavy atom. The summed E-state index contributed by atoms with van der Waals surface area (Å²) >= 11 is 0. The Bertz CT molecular complexity index is 3660. The maximum Gasteiger partial charge on any atom is 0.408 e. The number of esters is 2. The lowest BCUT2D eigenvalue weighted by Gasteiger charge is -2.40. The molecule has 0 aliphatic rings. The van der Waals surface area contributed by atoms with Crippen molar-refractivity contribution in [3.05, 3.63) is 227 Å². The van der Waals surface area contributed by atoms with Gasteiger partial charge < -0.3 is 58.4 Å². The summed E-state index contributed by atoms with van der Waals surface area (Å²) < 4.78 is 48.5. The van der Waals surface area contributed by atoms with Crippen LogP contribution in [-0.2, 0) is 88.4 Å². The Hall–Kier alpha value is -9.25. The second kappa shape index (κ2) is 35.7. The van der Waals surface area contributed by atoms with Gasteiger partial charge in [-0.25, -0.2) is 24.0 Å². The maximum absolute atomic E-state index is 15.6. The van der Waals surface area contributed by atoms with Crippen LogP contribution in [-0.4, -0.2) is 107 Å². The van der Waals surface area contributed by atoms with Crippen molar-refractivity contribution in [3.8, 4) is 22.6 Å². The van der Waals surface area contributed by atoms with Gasteiger partial charge in [0.05, 0.1) is 12.7 Å². The fourth-order valence-electron chi connectivity index (χ4n) is 9.93. The van der Waals surface area contributed by atoms with Crippen LogP contribution in [0.25, 0.3) is 11.1 Å². The number of carbonyl (C=O) groups is 6. The first-order chi connectivity index (χ1) is 46.1. The fraction of sp³-hybridized carbons (Fsp3) is 0.377. The third-order valence-electron chi connectivity index (χ3n) is 16.4. The number of likely N-dealkylation sites (N-methyl/N-ethyl adjacent to an activating group) is 1. The number of nitrogens with zero attached hydrogens (tertiary/aromatic N) is 1. The van der Waals surface area contributed by atoms with Crippen molar-refractivity contribution in [1.29, 1.82) is 0 Å². The fourth-order valence-corrected chi connectivity index (χ4v) is 12.0. The molecule has 516 valence electrons. The van der Waals surface area contributed by atoms with E-state index in [1.807, 2.05) is 188 Å². The van der Waals surface area contributed by atoms with Crippen molar-refractivity contribution in [1.82, 2.24) is 20.9 Å². The number of rotatable bonds is 32. The van der Waals surface area contributed by atoms with E-state index in [4.69, 9.17) is 37.6 Å². The molecule has 0 radical (unpaired) electrons. The lowest BCUT2D eigenvalue weighted by atomic mass is 9.97. The number of benzene rings is 7. The summed E-state index contributed by atoms with van der Waals surface area (Å²) in [7, 11) is -2.67. The Balaban J connectivity index is 1.15. The van der Waals surface area contributed by atoms with Gasteiger partial charge in [-0.2, -0.15) is 0 Å². The number of amides is 4. The van der Waals surface area contributed by atoms with Crippen LogP contribution in [0.3, 0.4) is 0 Å². The van der Waals surface area contributed by atoms with Gasteiger partial charge in [-0.1, -0.05) is 204 Å². The normalized spacial score (nSPS) is 12.9. The molecule has 4 amide bonds. The molecule has 0 saturated heterocycles. The number of carbonyl (C=O) groups excluding carboxylic acids is 6. The van der Waals surface area contributed by atoms with Crippen LogP contribution in [0.5, 0.6) is 11.5 Å². The molecule has 20 heteroatoms. The predicted molar refractivity (Wildman–Crippen MR) is 381 cm³/mol. The highest BCUT2D eigenvalue weighted by Gasteiger charge is 2.42. The monoisotopic (exact) mass is 1360 g/mol. The Labute approximate surface area is 574 Å². The first-order valence-corrected chi connectivity index (χ1v) is 39.5. The highest BCUT2D eigenvalue weighted by Crippen LogP contribution is 2.38. The van der Waals surface area contributed by atoms with E-state index in [1.54, 1.807) is 20.8 Å². The van der Waals surface area contributed by atoms with Gasteiger partial charge in [0.2, 0.25) is 5.91 Å². The van der Waals surface area contributed by atoms with Crippen LogP contribution in [0.2, 0.25) is 43.8 Å². The number of ether oxygens (including phenoxy) is 7. The molecule has 97 heavy (non-hydrogen) atoms. The van der Waals surface area contributed by atoms with Gasteiger partial charge in [0.1, 0.15) is 68.3 Å². The Kier molecular flexibility index (Phi) is 27.6. The van der Waals surface area contributed by atoms with Crippen molar-refractivity contribution in [3.63, 3.8) is 0 Å². The zero-order valence-corrected chi connectivity index (χ0v) is 60.1. The van der Waals surface area contributed by atoms with Crippen LogP contribution in [0.1, 0.15) is 86.9 Å². The second-order valence-corrected chi connectivity index (χ2v) is 38.2. The van der Waals surface area contributed by atoms with E-state index in [1.165, 1.54) is 11.9 Å². The summed E-state index contributed by atoms with van der Waals surface area (Å²) in [5.41, 5.74) is 6.05. The molecule has 0 fully saturated rings. The molecule has 3 N–H and O–H groups in total. The van der Waals surface area contributed by atoms with Crippen LogP contribution in [0.15, 0.2) is 188 Å². The summed E-state index contributed by atoms with van der Waals surface area (Å²) in [6.07, 6.45) is -3.23. The van der Waals surface area contributed by atoms with E-state index < -0.39 is 82.3 Å². The minimum absolute atomic E-state index is 0.0257. The molecule has 0 bridgehead atoms. The predicted octanol–water partition coefficient (Wildman–Crippen LogP) is 14.9. The van der Waals surface area contributed by atoms with E-state index in [2.05, 4.69) is 69.5 Å². The lowest BCUT2D eigenvalue weighted by Crippen LogP contribution is -2.56. The molecule has 0 aliphatic carbocycles. The van der Waals surface area contributed by atoms with Crippen molar-refractivity contribution in [2.24, 2.45) is 0 Å².